The first-order valence-corrected chi connectivity index (χ1v) is 3.27. The van der Waals surface area contributed by atoms with E-state index in [9.17, 15) is 4.39 Å². The monoisotopic (exact) mass is 138 g/mol. The van der Waals surface area contributed by atoms with Crippen molar-refractivity contribution in [3.63, 3.8) is 0 Å². The van der Waals surface area contributed by atoms with Gasteiger partial charge >= 0.3 is 0 Å². The highest BCUT2D eigenvalue weighted by Gasteiger charge is 2.17. The predicted octanol–water partition coefficient (Wildman–Crippen LogP) is 1.63. The van der Waals surface area contributed by atoms with Crippen molar-refractivity contribution in [2.45, 2.75) is 12.8 Å². The van der Waals surface area contributed by atoms with Crippen LogP contribution in [0.4, 0.5) is 4.39 Å². The van der Waals surface area contributed by atoms with Crippen molar-refractivity contribution < 1.29 is 9.50 Å². The van der Waals surface area contributed by atoms with E-state index in [-0.39, 0.29) is 11.6 Å². The molecule has 1 aliphatic carbocycles. The number of benzene rings is 1. The normalized spacial score (nSPS) is 14.1. The highest BCUT2D eigenvalue weighted by atomic mass is 19.1. The molecule has 2 heteroatoms. The Bertz CT molecular complexity index is 264. The Hall–Kier alpha value is -1.05. The number of phenols is 1. The summed E-state index contributed by atoms with van der Waals surface area (Å²) in [6, 6.07) is 2.65. The summed E-state index contributed by atoms with van der Waals surface area (Å²) in [6.07, 6.45) is 1.79. The molecule has 1 nitrogen and oxygen atoms in total. The minimum Gasteiger partial charge on any atom is -0.508 e. The summed E-state index contributed by atoms with van der Waals surface area (Å²) in [5.41, 5.74) is 1.87. The topological polar surface area (TPSA) is 20.2 Å². The molecular formula is C8H7FO. The van der Waals surface area contributed by atoms with E-state index in [2.05, 4.69) is 0 Å². The van der Waals surface area contributed by atoms with Gasteiger partial charge in [0.05, 0.1) is 0 Å². The highest BCUT2D eigenvalue weighted by Crippen LogP contribution is 2.31. The molecule has 1 aromatic rings. The number of rotatable bonds is 0. The van der Waals surface area contributed by atoms with Gasteiger partial charge in [0.25, 0.3) is 0 Å². The Morgan fingerprint density at radius 3 is 2.60 bits per heavy atom. The number of phenolic OH excluding ortho intramolecular Hbond substituents is 1. The van der Waals surface area contributed by atoms with Gasteiger partial charge in [-0.3, -0.25) is 0 Å². The second-order valence-corrected chi connectivity index (χ2v) is 2.56. The Morgan fingerprint density at radius 1 is 1.30 bits per heavy atom. The average Bonchev–Trinajstić information content (AvgIpc) is 1.77. The van der Waals surface area contributed by atoms with Gasteiger partial charge in [0.1, 0.15) is 11.6 Å². The lowest BCUT2D eigenvalue weighted by molar-refractivity contribution is 0.454. The van der Waals surface area contributed by atoms with Crippen molar-refractivity contribution in [2.75, 3.05) is 0 Å². The first-order valence-electron chi connectivity index (χ1n) is 3.27. The van der Waals surface area contributed by atoms with E-state index < -0.39 is 0 Å². The van der Waals surface area contributed by atoms with E-state index in [1.807, 2.05) is 0 Å². The molecule has 2 rings (SSSR count). The minimum atomic E-state index is -0.337. The molecule has 0 fully saturated rings. The molecule has 1 aromatic carbocycles. The van der Waals surface area contributed by atoms with Gasteiger partial charge in [0.2, 0.25) is 0 Å². The zero-order chi connectivity index (χ0) is 7.14. The summed E-state index contributed by atoms with van der Waals surface area (Å²) in [6.45, 7) is 0. The van der Waals surface area contributed by atoms with E-state index >= 15 is 0 Å². The molecule has 0 saturated carbocycles. The maximum atomic E-state index is 12.5. The molecule has 0 heterocycles. The van der Waals surface area contributed by atoms with Gasteiger partial charge in [0, 0.05) is 6.07 Å². The van der Waals surface area contributed by atoms with Crippen LogP contribution in [-0.4, -0.2) is 5.11 Å². The van der Waals surface area contributed by atoms with E-state index in [0.717, 1.165) is 30.0 Å². The maximum Gasteiger partial charge on any atom is 0.127 e. The number of hydrogen-bond donors (Lipinski definition) is 1. The lowest BCUT2D eigenvalue weighted by Crippen LogP contribution is -2.08. The van der Waals surface area contributed by atoms with Gasteiger partial charge in [-0.1, -0.05) is 0 Å². The van der Waals surface area contributed by atoms with E-state index in [1.165, 1.54) is 6.07 Å². The van der Waals surface area contributed by atoms with Crippen LogP contribution in [-0.2, 0) is 12.8 Å². The van der Waals surface area contributed by atoms with Crippen LogP contribution in [0.5, 0.6) is 5.75 Å². The van der Waals surface area contributed by atoms with Crippen LogP contribution in [0.15, 0.2) is 12.1 Å². The molecule has 1 aliphatic rings. The molecule has 0 aromatic heterocycles. The van der Waals surface area contributed by atoms with Gasteiger partial charge in [-0.05, 0) is 30.0 Å². The summed E-state index contributed by atoms with van der Waals surface area (Å²) in [5.74, 6) is -0.225. The third-order valence-electron chi connectivity index (χ3n) is 1.93. The predicted molar refractivity (Wildman–Crippen MR) is 35.5 cm³/mol. The van der Waals surface area contributed by atoms with E-state index in [1.54, 1.807) is 0 Å². The highest BCUT2D eigenvalue weighted by molar-refractivity contribution is 5.45. The minimum absolute atomic E-state index is 0.112. The lowest BCUT2D eigenvalue weighted by Gasteiger charge is -2.19. The van der Waals surface area contributed by atoms with Crippen LogP contribution in [0.25, 0.3) is 0 Å². The van der Waals surface area contributed by atoms with Crippen molar-refractivity contribution >= 4 is 0 Å². The largest absolute Gasteiger partial charge is 0.508 e. The standard InChI is InChI=1S/C8H7FO/c9-6-3-5-1-2-7(5)8(10)4-6/h3-4,10H,1-2H2. The lowest BCUT2D eigenvalue weighted by atomic mass is 9.88. The second-order valence-electron chi connectivity index (χ2n) is 2.56. The fourth-order valence-corrected chi connectivity index (χ4v) is 1.27. The fourth-order valence-electron chi connectivity index (χ4n) is 1.27. The van der Waals surface area contributed by atoms with Crippen LogP contribution in [0.1, 0.15) is 11.1 Å². The number of halogens is 1. The van der Waals surface area contributed by atoms with Crippen molar-refractivity contribution in [3.05, 3.63) is 29.1 Å². The SMILES string of the molecule is Oc1cc(F)cc2c1CC2. The molecule has 0 saturated heterocycles. The third-order valence-corrected chi connectivity index (χ3v) is 1.93. The van der Waals surface area contributed by atoms with Crippen molar-refractivity contribution in [1.29, 1.82) is 0 Å². The maximum absolute atomic E-state index is 12.5. The summed E-state index contributed by atoms with van der Waals surface area (Å²) in [5, 5.41) is 9.09. The average molecular weight is 138 g/mol. The first-order chi connectivity index (χ1) is 4.77. The fraction of sp³-hybridized carbons (Fsp3) is 0.250. The molecule has 0 atom stereocenters. The van der Waals surface area contributed by atoms with Gasteiger partial charge in [0.15, 0.2) is 0 Å². The number of fused-ring (bicyclic) bond motifs is 1. The quantitative estimate of drug-likeness (QED) is 0.577. The second kappa shape index (κ2) is 1.72. The van der Waals surface area contributed by atoms with Gasteiger partial charge < -0.3 is 5.11 Å². The van der Waals surface area contributed by atoms with Crippen LogP contribution in [0.3, 0.4) is 0 Å². The van der Waals surface area contributed by atoms with Crippen molar-refractivity contribution in [3.8, 4) is 5.75 Å². The Kier molecular flexibility index (Phi) is 0.982. The van der Waals surface area contributed by atoms with E-state index in [4.69, 9.17) is 5.11 Å². The smallest absolute Gasteiger partial charge is 0.127 e. The third kappa shape index (κ3) is 0.618. The summed E-state index contributed by atoms with van der Waals surface area (Å²) in [7, 11) is 0. The van der Waals surface area contributed by atoms with Crippen LogP contribution >= 0.6 is 0 Å². The molecule has 0 spiro atoms. The Labute approximate surface area is 58.1 Å². The molecule has 10 heavy (non-hydrogen) atoms. The summed E-state index contributed by atoms with van der Waals surface area (Å²) < 4.78 is 12.5. The van der Waals surface area contributed by atoms with Crippen molar-refractivity contribution in [2.24, 2.45) is 0 Å². The molecule has 0 amide bonds. The zero-order valence-electron chi connectivity index (χ0n) is 5.39. The number of aryl methyl sites for hydroxylation is 1. The van der Waals surface area contributed by atoms with Crippen LogP contribution in [0, 0.1) is 5.82 Å². The van der Waals surface area contributed by atoms with Gasteiger partial charge in [-0.15, -0.1) is 0 Å². The molecule has 0 radical (unpaired) electrons. The molecule has 52 valence electrons. The van der Waals surface area contributed by atoms with Gasteiger partial charge in [-0.25, -0.2) is 4.39 Å². The van der Waals surface area contributed by atoms with Crippen LogP contribution < -0.4 is 0 Å². The Balaban J connectivity index is 2.63. The van der Waals surface area contributed by atoms with Crippen molar-refractivity contribution in [1.82, 2.24) is 0 Å². The Morgan fingerprint density at radius 2 is 2.10 bits per heavy atom. The molecule has 0 aliphatic heterocycles. The summed E-state index contributed by atoms with van der Waals surface area (Å²) >= 11 is 0. The number of aromatic hydroxyl groups is 1. The molecular weight excluding hydrogens is 131 g/mol. The zero-order valence-corrected chi connectivity index (χ0v) is 5.39. The summed E-state index contributed by atoms with van der Waals surface area (Å²) in [4.78, 5) is 0. The first kappa shape index (κ1) is 5.71. The number of hydrogen-bond acceptors (Lipinski definition) is 1. The molecule has 0 bridgehead atoms. The van der Waals surface area contributed by atoms with Gasteiger partial charge in [-0.2, -0.15) is 0 Å². The molecule has 0 unspecified atom stereocenters. The van der Waals surface area contributed by atoms with Crippen LogP contribution in [0.2, 0.25) is 0 Å². The van der Waals surface area contributed by atoms with E-state index in [0.29, 0.717) is 0 Å². The molecule has 1 N–H and O–H groups in total.